The zero-order chi connectivity index (χ0) is 15.1. The van der Waals surface area contributed by atoms with E-state index < -0.39 is 0 Å². The number of nitrogens with two attached hydrogens (primary N) is 1. The van der Waals surface area contributed by atoms with Crippen molar-refractivity contribution in [2.45, 2.75) is 6.42 Å². The highest BCUT2D eigenvalue weighted by Crippen LogP contribution is 2.15. The number of phenolic OH excluding ortho intramolecular Hbond substituents is 1. The van der Waals surface area contributed by atoms with E-state index in [9.17, 15) is 9.90 Å². The number of benzene rings is 2. The van der Waals surface area contributed by atoms with Crippen molar-refractivity contribution in [2.24, 2.45) is 5.90 Å². The molecule has 0 aromatic heterocycles. The van der Waals surface area contributed by atoms with Crippen molar-refractivity contribution in [1.29, 1.82) is 0 Å². The number of rotatable bonds is 5. The van der Waals surface area contributed by atoms with Crippen LogP contribution in [0.25, 0.3) is 6.08 Å². The number of carbonyl (C=O) groups excluding carboxylic acids is 1. The van der Waals surface area contributed by atoms with E-state index >= 15 is 0 Å². The standard InChI is InChI=1S/C16H15NO4/c17-20-10-9-12-3-7-15(8-4-12)21-16(19)11-13-1-5-14(18)6-2-13/h1-10,18H,11,17H2/b10-9+. The lowest BCUT2D eigenvalue weighted by molar-refractivity contribution is -0.133. The topological polar surface area (TPSA) is 81.8 Å². The minimum atomic E-state index is -0.366. The number of hydrogen-bond donors (Lipinski definition) is 2. The summed E-state index contributed by atoms with van der Waals surface area (Å²) in [6.45, 7) is 0. The summed E-state index contributed by atoms with van der Waals surface area (Å²) in [5.41, 5.74) is 1.65. The van der Waals surface area contributed by atoms with Crippen LogP contribution in [0.1, 0.15) is 11.1 Å². The molecule has 108 valence electrons. The van der Waals surface area contributed by atoms with Crippen LogP contribution in [-0.2, 0) is 16.1 Å². The molecule has 0 radical (unpaired) electrons. The van der Waals surface area contributed by atoms with Crippen molar-refractivity contribution >= 4 is 12.0 Å². The van der Waals surface area contributed by atoms with E-state index in [1.54, 1.807) is 42.5 Å². The Labute approximate surface area is 122 Å². The van der Waals surface area contributed by atoms with E-state index in [4.69, 9.17) is 10.6 Å². The first-order chi connectivity index (χ1) is 10.2. The third kappa shape index (κ3) is 4.67. The highest BCUT2D eigenvalue weighted by atomic mass is 16.6. The van der Waals surface area contributed by atoms with Crippen molar-refractivity contribution in [2.75, 3.05) is 0 Å². The summed E-state index contributed by atoms with van der Waals surface area (Å²) in [6, 6.07) is 13.3. The first kappa shape index (κ1) is 14.6. The Bertz CT molecular complexity index is 618. The molecule has 5 heteroatoms. The number of ether oxygens (including phenoxy) is 1. The minimum Gasteiger partial charge on any atom is -0.508 e. The first-order valence-electron chi connectivity index (χ1n) is 6.28. The third-order valence-corrected chi connectivity index (χ3v) is 2.74. The molecule has 2 aromatic carbocycles. The lowest BCUT2D eigenvalue weighted by Crippen LogP contribution is -2.11. The van der Waals surface area contributed by atoms with Crippen LogP contribution in [0.5, 0.6) is 11.5 Å². The van der Waals surface area contributed by atoms with Crippen LogP contribution in [0.2, 0.25) is 0 Å². The fourth-order valence-corrected chi connectivity index (χ4v) is 1.71. The molecule has 0 amide bonds. The summed E-state index contributed by atoms with van der Waals surface area (Å²) in [6.07, 6.45) is 3.18. The molecule has 0 fully saturated rings. The molecule has 0 spiro atoms. The largest absolute Gasteiger partial charge is 0.508 e. The van der Waals surface area contributed by atoms with Gasteiger partial charge in [0.05, 0.1) is 6.42 Å². The van der Waals surface area contributed by atoms with E-state index in [2.05, 4.69) is 4.84 Å². The normalized spacial score (nSPS) is 10.5. The van der Waals surface area contributed by atoms with Crippen molar-refractivity contribution < 1.29 is 19.5 Å². The summed E-state index contributed by atoms with van der Waals surface area (Å²) in [7, 11) is 0. The second-order valence-corrected chi connectivity index (χ2v) is 4.33. The Morgan fingerprint density at radius 1 is 1.10 bits per heavy atom. The van der Waals surface area contributed by atoms with Gasteiger partial charge in [-0.25, -0.2) is 0 Å². The number of esters is 1. The van der Waals surface area contributed by atoms with Gasteiger partial charge in [-0.1, -0.05) is 24.3 Å². The summed E-state index contributed by atoms with van der Waals surface area (Å²) in [4.78, 5) is 16.1. The molecule has 2 rings (SSSR count). The van der Waals surface area contributed by atoms with E-state index in [-0.39, 0.29) is 18.1 Å². The Hall–Kier alpha value is -2.79. The zero-order valence-corrected chi connectivity index (χ0v) is 11.2. The van der Waals surface area contributed by atoms with Crippen LogP contribution in [0.4, 0.5) is 0 Å². The van der Waals surface area contributed by atoms with Crippen LogP contribution >= 0.6 is 0 Å². The maximum atomic E-state index is 11.8. The molecule has 0 aliphatic rings. The fraction of sp³-hybridized carbons (Fsp3) is 0.0625. The molecule has 0 heterocycles. The SMILES string of the molecule is NO/C=C/c1ccc(OC(=O)Cc2ccc(O)cc2)cc1. The van der Waals surface area contributed by atoms with Gasteiger partial charge < -0.3 is 14.7 Å². The molecule has 0 unspecified atom stereocenters. The summed E-state index contributed by atoms with van der Waals surface area (Å²) >= 11 is 0. The molecule has 0 bridgehead atoms. The quantitative estimate of drug-likeness (QED) is 0.381. The lowest BCUT2D eigenvalue weighted by Gasteiger charge is -2.05. The monoisotopic (exact) mass is 285 g/mol. The maximum absolute atomic E-state index is 11.8. The smallest absolute Gasteiger partial charge is 0.315 e. The summed E-state index contributed by atoms with van der Waals surface area (Å²) in [5, 5.41) is 9.18. The average molecular weight is 285 g/mol. The van der Waals surface area contributed by atoms with Gasteiger partial charge in [-0.15, -0.1) is 0 Å². The number of phenols is 1. The van der Waals surface area contributed by atoms with Crippen molar-refractivity contribution in [1.82, 2.24) is 0 Å². The van der Waals surface area contributed by atoms with Crippen LogP contribution < -0.4 is 10.6 Å². The van der Waals surface area contributed by atoms with Gasteiger partial charge in [0.25, 0.3) is 0 Å². The van der Waals surface area contributed by atoms with Crippen LogP contribution in [0.3, 0.4) is 0 Å². The van der Waals surface area contributed by atoms with E-state index in [1.165, 1.54) is 18.4 Å². The van der Waals surface area contributed by atoms with Crippen LogP contribution in [0, 0.1) is 0 Å². The maximum Gasteiger partial charge on any atom is 0.315 e. The van der Waals surface area contributed by atoms with E-state index in [0.29, 0.717) is 5.75 Å². The Balaban J connectivity index is 1.93. The zero-order valence-electron chi connectivity index (χ0n) is 11.2. The molecule has 0 aliphatic heterocycles. The summed E-state index contributed by atoms with van der Waals surface area (Å²) < 4.78 is 5.23. The molecule has 0 atom stereocenters. The van der Waals surface area contributed by atoms with Gasteiger partial charge in [0.15, 0.2) is 0 Å². The molecule has 21 heavy (non-hydrogen) atoms. The second-order valence-electron chi connectivity index (χ2n) is 4.33. The van der Waals surface area contributed by atoms with Crippen molar-refractivity contribution in [3.8, 4) is 11.5 Å². The van der Waals surface area contributed by atoms with Gasteiger partial charge in [0, 0.05) is 0 Å². The Morgan fingerprint density at radius 2 is 1.76 bits per heavy atom. The molecule has 0 saturated heterocycles. The van der Waals surface area contributed by atoms with Crippen molar-refractivity contribution in [3.05, 3.63) is 65.9 Å². The highest BCUT2D eigenvalue weighted by Gasteiger charge is 2.06. The van der Waals surface area contributed by atoms with Gasteiger partial charge in [0.1, 0.15) is 17.8 Å². The molecular weight excluding hydrogens is 270 g/mol. The summed E-state index contributed by atoms with van der Waals surface area (Å²) in [5.74, 6) is 5.14. The van der Waals surface area contributed by atoms with Gasteiger partial charge in [0.2, 0.25) is 0 Å². The molecule has 3 N–H and O–H groups in total. The Kier molecular flexibility index (Phi) is 4.95. The first-order valence-corrected chi connectivity index (χ1v) is 6.28. The number of carbonyl (C=O) groups is 1. The molecule has 0 saturated carbocycles. The second kappa shape index (κ2) is 7.12. The predicted octanol–water partition coefficient (Wildman–Crippen LogP) is 2.40. The molecule has 2 aromatic rings. The number of hydrogen-bond acceptors (Lipinski definition) is 5. The third-order valence-electron chi connectivity index (χ3n) is 2.74. The van der Waals surface area contributed by atoms with Gasteiger partial charge in [-0.2, -0.15) is 5.90 Å². The van der Waals surface area contributed by atoms with Crippen LogP contribution in [0.15, 0.2) is 54.8 Å². The average Bonchev–Trinajstić information content (AvgIpc) is 2.49. The van der Waals surface area contributed by atoms with E-state index in [0.717, 1.165) is 11.1 Å². The van der Waals surface area contributed by atoms with Crippen molar-refractivity contribution in [3.63, 3.8) is 0 Å². The molecular formula is C16H15NO4. The Morgan fingerprint density at radius 3 is 2.38 bits per heavy atom. The fourth-order valence-electron chi connectivity index (χ4n) is 1.71. The molecule has 0 aliphatic carbocycles. The molecule has 5 nitrogen and oxygen atoms in total. The van der Waals surface area contributed by atoms with E-state index in [1.807, 2.05) is 0 Å². The van der Waals surface area contributed by atoms with Gasteiger partial charge in [-0.05, 0) is 41.5 Å². The van der Waals surface area contributed by atoms with Gasteiger partial charge in [-0.3, -0.25) is 4.79 Å². The predicted molar refractivity (Wildman–Crippen MR) is 78.2 cm³/mol. The number of aromatic hydroxyl groups is 1. The van der Waals surface area contributed by atoms with Gasteiger partial charge >= 0.3 is 5.97 Å². The minimum absolute atomic E-state index is 0.142. The lowest BCUT2D eigenvalue weighted by atomic mass is 10.1. The highest BCUT2D eigenvalue weighted by molar-refractivity contribution is 5.75. The van der Waals surface area contributed by atoms with Crippen LogP contribution in [-0.4, -0.2) is 11.1 Å².